The first kappa shape index (κ1) is 19.3. The first-order chi connectivity index (χ1) is 14.1. The summed E-state index contributed by atoms with van der Waals surface area (Å²) >= 11 is 0. The molecule has 0 saturated heterocycles. The van der Waals surface area contributed by atoms with Gasteiger partial charge in [-0.25, -0.2) is 0 Å². The minimum absolute atomic E-state index is 0.0668. The number of carbonyl (C=O) groups is 2. The molecule has 29 heavy (non-hydrogen) atoms. The van der Waals surface area contributed by atoms with Crippen LogP contribution in [0.4, 0.5) is 0 Å². The summed E-state index contributed by atoms with van der Waals surface area (Å²) in [6, 6.07) is 9.27. The molecular formula is C23H25NO5. The van der Waals surface area contributed by atoms with Gasteiger partial charge in [0.25, 0.3) is 5.91 Å². The lowest BCUT2D eigenvalue weighted by Gasteiger charge is -2.22. The van der Waals surface area contributed by atoms with E-state index in [1.165, 1.54) is 13.5 Å². The number of amides is 1. The van der Waals surface area contributed by atoms with Gasteiger partial charge >= 0.3 is 5.97 Å². The Bertz CT molecular complexity index is 947. The molecule has 2 aromatic rings. The smallest absolute Gasteiger partial charge is 0.314 e. The van der Waals surface area contributed by atoms with E-state index in [1.807, 2.05) is 18.2 Å². The Hall–Kier alpha value is -3.02. The molecule has 0 radical (unpaired) electrons. The monoisotopic (exact) mass is 395 g/mol. The normalized spacial score (nSPS) is 16.1. The Morgan fingerprint density at radius 2 is 1.72 bits per heavy atom. The predicted molar refractivity (Wildman–Crippen MR) is 108 cm³/mol. The summed E-state index contributed by atoms with van der Waals surface area (Å²) in [6.07, 6.45) is 4.97. The highest BCUT2D eigenvalue weighted by Crippen LogP contribution is 2.45. The van der Waals surface area contributed by atoms with E-state index in [1.54, 1.807) is 19.2 Å². The molecule has 1 heterocycles. The van der Waals surface area contributed by atoms with Crippen molar-refractivity contribution in [2.45, 2.75) is 38.6 Å². The number of ether oxygens (including phenoxy) is 3. The fourth-order valence-electron chi connectivity index (χ4n) is 4.15. The van der Waals surface area contributed by atoms with Gasteiger partial charge < -0.3 is 19.5 Å². The zero-order valence-corrected chi connectivity index (χ0v) is 16.7. The number of methoxy groups -OCH3 is 2. The number of fused-ring (bicyclic) bond motifs is 1. The SMILES string of the molecule is COc1ccc(-c2ccc3c(c2)CNC3=O)c(OC(=O)C2CCCCC2)c1OC. The molecular weight excluding hydrogens is 370 g/mol. The molecule has 152 valence electrons. The Morgan fingerprint density at radius 3 is 2.45 bits per heavy atom. The number of benzene rings is 2. The van der Waals surface area contributed by atoms with Crippen LogP contribution in [0.25, 0.3) is 11.1 Å². The second kappa shape index (κ2) is 8.15. The van der Waals surface area contributed by atoms with Crippen LogP contribution >= 0.6 is 0 Å². The quantitative estimate of drug-likeness (QED) is 0.609. The maximum atomic E-state index is 12.9. The Morgan fingerprint density at radius 1 is 0.966 bits per heavy atom. The van der Waals surface area contributed by atoms with Crippen molar-refractivity contribution in [2.24, 2.45) is 5.92 Å². The molecule has 1 aliphatic heterocycles. The Balaban J connectivity index is 1.75. The number of hydrogen-bond donors (Lipinski definition) is 1. The van der Waals surface area contributed by atoms with Crippen LogP contribution in [0.5, 0.6) is 17.2 Å². The summed E-state index contributed by atoms with van der Waals surface area (Å²) in [6.45, 7) is 0.493. The molecule has 1 N–H and O–H groups in total. The van der Waals surface area contributed by atoms with E-state index < -0.39 is 0 Å². The molecule has 0 spiro atoms. The van der Waals surface area contributed by atoms with E-state index in [0.29, 0.717) is 29.4 Å². The maximum Gasteiger partial charge on any atom is 0.314 e. The van der Waals surface area contributed by atoms with Gasteiger partial charge in [0.15, 0.2) is 11.5 Å². The molecule has 0 bridgehead atoms. The molecule has 1 amide bonds. The van der Waals surface area contributed by atoms with Crippen molar-refractivity contribution in [3.05, 3.63) is 41.5 Å². The highest BCUT2D eigenvalue weighted by Gasteiger charge is 2.27. The molecule has 6 heteroatoms. The van der Waals surface area contributed by atoms with Gasteiger partial charge in [0.1, 0.15) is 0 Å². The van der Waals surface area contributed by atoms with Gasteiger partial charge in [-0.2, -0.15) is 0 Å². The van der Waals surface area contributed by atoms with Crippen molar-refractivity contribution in [2.75, 3.05) is 14.2 Å². The third kappa shape index (κ3) is 3.67. The van der Waals surface area contributed by atoms with E-state index in [9.17, 15) is 9.59 Å². The van der Waals surface area contributed by atoms with Crippen molar-refractivity contribution in [3.8, 4) is 28.4 Å². The topological polar surface area (TPSA) is 73.9 Å². The van der Waals surface area contributed by atoms with Gasteiger partial charge in [0, 0.05) is 17.7 Å². The number of nitrogens with one attached hydrogen (secondary N) is 1. The van der Waals surface area contributed by atoms with Crippen molar-refractivity contribution in [3.63, 3.8) is 0 Å². The second-order valence-electron chi connectivity index (χ2n) is 7.49. The lowest BCUT2D eigenvalue weighted by atomic mass is 9.89. The molecule has 1 saturated carbocycles. The van der Waals surface area contributed by atoms with Crippen LogP contribution in [-0.4, -0.2) is 26.1 Å². The summed E-state index contributed by atoms with van der Waals surface area (Å²) in [5.41, 5.74) is 3.18. The highest BCUT2D eigenvalue weighted by atomic mass is 16.6. The zero-order valence-electron chi connectivity index (χ0n) is 16.7. The van der Waals surface area contributed by atoms with Crippen molar-refractivity contribution in [1.82, 2.24) is 5.32 Å². The van der Waals surface area contributed by atoms with E-state index >= 15 is 0 Å². The van der Waals surface area contributed by atoms with Crippen molar-refractivity contribution < 1.29 is 23.8 Å². The lowest BCUT2D eigenvalue weighted by molar-refractivity contribution is -0.140. The van der Waals surface area contributed by atoms with E-state index in [2.05, 4.69) is 5.32 Å². The molecule has 1 fully saturated rings. The Labute approximate surface area is 170 Å². The van der Waals surface area contributed by atoms with Crippen LogP contribution in [0.3, 0.4) is 0 Å². The number of hydrogen-bond acceptors (Lipinski definition) is 5. The average Bonchev–Trinajstić information content (AvgIpc) is 3.14. The first-order valence-electron chi connectivity index (χ1n) is 10.0. The van der Waals surface area contributed by atoms with Gasteiger partial charge in [-0.05, 0) is 48.2 Å². The summed E-state index contributed by atoms with van der Waals surface area (Å²) in [5.74, 6) is 0.872. The average molecular weight is 395 g/mol. The summed E-state index contributed by atoms with van der Waals surface area (Å²) < 4.78 is 16.9. The van der Waals surface area contributed by atoms with Crippen LogP contribution in [0, 0.1) is 5.92 Å². The molecule has 0 unspecified atom stereocenters. The summed E-state index contributed by atoms with van der Waals surface area (Å²) in [5, 5.41) is 2.83. The number of esters is 1. The third-order valence-corrected chi connectivity index (χ3v) is 5.74. The lowest BCUT2D eigenvalue weighted by Crippen LogP contribution is -2.23. The molecule has 2 aliphatic rings. The molecule has 1 aliphatic carbocycles. The minimum atomic E-state index is -0.226. The van der Waals surface area contributed by atoms with Crippen LogP contribution in [0.15, 0.2) is 30.3 Å². The molecule has 2 aromatic carbocycles. The number of rotatable bonds is 5. The van der Waals surface area contributed by atoms with Gasteiger partial charge in [0.05, 0.1) is 20.1 Å². The van der Waals surface area contributed by atoms with Gasteiger partial charge in [-0.3, -0.25) is 9.59 Å². The van der Waals surface area contributed by atoms with Gasteiger partial charge in [-0.15, -0.1) is 0 Å². The standard InChI is InChI=1S/C23H25NO5/c1-27-19-11-10-17(15-8-9-18-16(12-15)13-24-22(18)25)20(21(19)28-2)29-23(26)14-6-4-3-5-7-14/h8-12,14H,3-7,13H2,1-2H3,(H,24,25). The largest absolute Gasteiger partial charge is 0.493 e. The zero-order chi connectivity index (χ0) is 20.4. The summed E-state index contributed by atoms with van der Waals surface area (Å²) in [4.78, 5) is 24.7. The summed E-state index contributed by atoms with van der Waals surface area (Å²) in [7, 11) is 3.09. The van der Waals surface area contributed by atoms with Crippen molar-refractivity contribution in [1.29, 1.82) is 0 Å². The maximum absolute atomic E-state index is 12.9. The van der Waals surface area contributed by atoms with E-state index in [-0.39, 0.29) is 17.8 Å². The Kier molecular flexibility index (Phi) is 5.43. The van der Waals surface area contributed by atoms with Crippen LogP contribution < -0.4 is 19.5 Å². The third-order valence-electron chi connectivity index (χ3n) is 5.74. The van der Waals surface area contributed by atoms with Gasteiger partial charge in [0.2, 0.25) is 5.75 Å². The van der Waals surface area contributed by atoms with Crippen molar-refractivity contribution >= 4 is 11.9 Å². The van der Waals surface area contributed by atoms with Crippen LogP contribution in [-0.2, 0) is 11.3 Å². The van der Waals surface area contributed by atoms with E-state index in [0.717, 1.165) is 42.4 Å². The highest BCUT2D eigenvalue weighted by molar-refractivity contribution is 5.99. The van der Waals surface area contributed by atoms with Gasteiger partial charge in [-0.1, -0.05) is 25.3 Å². The predicted octanol–water partition coefficient (Wildman–Crippen LogP) is 4.10. The fourth-order valence-corrected chi connectivity index (χ4v) is 4.15. The molecule has 4 rings (SSSR count). The first-order valence-corrected chi connectivity index (χ1v) is 10.0. The minimum Gasteiger partial charge on any atom is -0.493 e. The van der Waals surface area contributed by atoms with Crippen LogP contribution in [0.1, 0.15) is 48.0 Å². The second-order valence-corrected chi connectivity index (χ2v) is 7.49. The molecule has 0 atom stereocenters. The van der Waals surface area contributed by atoms with Crippen LogP contribution in [0.2, 0.25) is 0 Å². The van der Waals surface area contributed by atoms with E-state index in [4.69, 9.17) is 14.2 Å². The number of carbonyl (C=O) groups excluding carboxylic acids is 2. The molecule has 6 nitrogen and oxygen atoms in total. The molecule has 0 aromatic heterocycles. The fraction of sp³-hybridized carbons (Fsp3) is 0.391.